The van der Waals surface area contributed by atoms with E-state index in [9.17, 15) is 0 Å². The van der Waals surface area contributed by atoms with Gasteiger partial charge in [-0.1, -0.05) is 13.8 Å². The van der Waals surface area contributed by atoms with Crippen LogP contribution in [0.4, 0.5) is 11.9 Å². The first-order valence-corrected chi connectivity index (χ1v) is 7.19. The van der Waals surface area contributed by atoms with Gasteiger partial charge in [-0.3, -0.25) is 0 Å². The van der Waals surface area contributed by atoms with E-state index in [1.54, 1.807) is 0 Å². The van der Waals surface area contributed by atoms with E-state index in [2.05, 4.69) is 39.0 Å². The molecule has 7 nitrogen and oxygen atoms in total. The first kappa shape index (κ1) is 16.4. The zero-order chi connectivity index (χ0) is 15.0. The predicted octanol–water partition coefficient (Wildman–Crippen LogP) is 1.38. The van der Waals surface area contributed by atoms with E-state index in [-0.39, 0.29) is 18.1 Å². The van der Waals surface area contributed by atoms with Gasteiger partial charge >= 0.3 is 6.01 Å². The molecule has 0 saturated heterocycles. The van der Waals surface area contributed by atoms with Crippen molar-refractivity contribution in [3.05, 3.63) is 0 Å². The number of rotatable bonds is 9. The van der Waals surface area contributed by atoms with Crippen LogP contribution in [0.2, 0.25) is 0 Å². The number of nitrogens with zero attached hydrogens (tertiary/aromatic N) is 4. The molecule has 0 fully saturated rings. The molecule has 0 aromatic carbocycles. The van der Waals surface area contributed by atoms with Gasteiger partial charge in [0.25, 0.3) is 0 Å². The maximum atomic E-state index is 5.65. The average molecular weight is 282 g/mol. The second-order valence-electron chi connectivity index (χ2n) is 4.83. The van der Waals surface area contributed by atoms with E-state index >= 15 is 0 Å². The van der Waals surface area contributed by atoms with Crippen LogP contribution >= 0.6 is 0 Å². The fourth-order valence-corrected chi connectivity index (χ4v) is 1.78. The number of hydrogen-bond donors (Lipinski definition) is 2. The standard InChI is InChI=1S/C13H26N6O/c1-5-8-19(6-2)9-7-15-12-16-11(14)17-13(18-12)20-10(3)4/h10H,5-9H2,1-4H3,(H3,14,15,16,17,18). The summed E-state index contributed by atoms with van der Waals surface area (Å²) in [4.78, 5) is 14.6. The number of nitrogen functional groups attached to an aromatic ring is 1. The third-order valence-corrected chi connectivity index (χ3v) is 2.67. The molecule has 0 radical (unpaired) electrons. The van der Waals surface area contributed by atoms with Gasteiger partial charge in [-0.25, -0.2) is 0 Å². The van der Waals surface area contributed by atoms with E-state index in [1.807, 2.05) is 13.8 Å². The molecule has 1 aromatic heterocycles. The third-order valence-electron chi connectivity index (χ3n) is 2.67. The Labute approximate surface area is 121 Å². The number of anilines is 2. The normalized spacial score (nSPS) is 11.1. The quantitative estimate of drug-likeness (QED) is 0.707. The number of hydrogen-bond acceptors (Lipinski definition) is 7. The lowest BCUT2D eigenvalue weighted by atomic mass is 10.4. The van der Waals surface area contributed by atoms with Gasteiger partial charge in [-0.15, -0.1) is 0 Å². The smallest absolute Gasteiger partial charge is 0.323 e. The fraction of sp³-hybridized carbons (Fsp3) is 0.769. The van der Waals surface area contributed by atoms with Crippen LogP contribution < -0.4 is 15.8 Å². The molecule has 0 unspecified atom stereocenters. The summed E-state index contributed by atoms with van der Waals surface area (Å²) in [5, 5.41) is 3.16. The fourth-order valence-electron chi connectivity index (χ4n) is 1.78. The van der Waals surface area contributed by atoms with Gasteiger partial charge in [0.05, 0.1) is 6.10 Å². The van der Waals surface area contributed by atoms with Gasteiger partial charge < -0.3 is 20.7 Å². The Bertz CT molecular complexity index is 398. The van der Waals surface area contributed by atoms with Crippen LogP contribution in [-0.2, 0) is 0 Å². The zero-order valence-corrected chi connectivity index (χ0v) is 12.9. The summed E-state index contributed by atoms with van der Waals surface area (Å²) in [6, 6.07) is 0.260. The van der Waals surface area contributed by atoms with E-state index in [4.69, 9.17) is 10.5 Å². The monoisotopic (exact) mass is 282 g/mol. The Kier molecular flexibility index (Phi) is 7.00. The zero-order valence-electron chi connectivity index (χ0n) is 12.9. The summed E-state index contributed by atoms with van der Waals surface area (Å²) in [6.07, 6.45) is 1.16. The Morgan fingerprint density at radius 1 is 1.20 bits per heavy atom. The highest BCUT2D eigenvalue weighted by Gasteiger charge is 2.07. The molecule has 0 saturated carbocycles. The van der Waals surface area contributed by atoms with Crippen molar-refractivity contribution < 1.29 is 4.74 Å². The van der Waals surface area contributed by atoms with Gasteiger partial charge in [0.2, 0.25) is 11.9 Å². The molecule has 114 valence electrons. The van der Waals surface area contributed by atoms with E-state index in [1.165, 1.54) is 0 Å². The minimum Gasteiger partial charge on any atom is -0.461 e. The molecule has 0 atom stereocenters. The van der Waals surface area contributed by atoms with Crippen LogP contribution in [-0.4, -0.2) is 52.1 Å². The number of aromatic nitrogens is 3. The number of likely N-dealkylation sites (N-methyl/N-ethyl adjacent to an activating group) is 1. The van der Waals surface area contributed by atoms with Crippen LogP contribution in [0.25, 0.3) is 0 Å². The van der Waals surface area contributed by atoms with Crippen LogP contribution in [0, 0.1) is 0 Å². The van der Waals surface area contributed by atoms with Crippen molar-refractivity contribution in [3.63, 3.8) is 0 Å². The Morgan fingerprint density at radius 3 is 2.55 bits per heavy atom. The number of ether oxygens (including phenoxy) is 1. The molecular weight excluding hydrogens is 256 g/mol. The van der Waals surface area contributed by atoms with Gasteiger partial charge in [-0.05, 0) is 33.4 Å². The molecule has 0 amide bonds. The second-order valence-corrected chi connectivity index (χ2v) is 4.83. The van der Waals surface area contributed by atoms with Crippen molar-refractivity contribution in [1.82, 2.24) is 19.9 Å². The lowest BCUT2D eigenvalue weighted by Gasteiger charge is -2.19. The topological polar surface area (TPSA) is 89.2 Å². The van der Waals surface area contributed by atoms with Crippen molar-refractivity contribution in [1.29, 1.82) is 0 Å². The third kappa shape index (κ3) is 6.01. The van der Waals surface area contributed by atoms with Crippen molar-refractivity contribution in [3.8, 4) is 6.01 Å². The molecule has 1 aromatic rings. The van der Waals surface area contributed by atoms with Crippen LogP contribution in [0.1, 0.15) is 34.1 Å². The van der Waals surface area contributed by atoms with E-state index < -0.39 is 0 Å². The Hall–Kier alpha value is -1.63. The summed E-state index contributed by atoms with van der Waals surface area (Å²) in [6.45, 7) is 12.0. The van der Waals surface area contributed by atoms with E-state index in [0.29, 0.717) is 5.95 Å². The first-order valence-electron chi connectivity index (χ1n) is 7.19. The molecule has 0 spiro atoms. The molecule has 20 heavy (non-hydrogen) atoms. The summed E-state index contributed by atoms with van der Waals surface area (Å²) in [7, 11) is 0. The predicted molar refractivity (Wildman–Crippen MR) is 80.9 cm³/mol. The summed E-state index contributed by atoms with van der Waals surface area (Å²) in [5.41, 5.74) is 5.65. The minimum atomic E-state index is 0.00443. The van der Waals surface area contributed by atoms with Crippen molar-refractivity contribution in [2.24, 2.45) is 0 Å². The lowest BCUT2D eigenvalue weighted by Crippen LogP contribution is -2.30. The highest BCUT2D eigenvalue weighted by atomic mass is 16.5. The average Bonchev–Trinajstić information content (AvgIpc) is 2.36. The number of nitrogens with two attached hydrogens (primary N) is 1. The summed E-state index contributed by atoms with van der Waals surface area (Å²) >= 11 is 0. The van der Waals surface area contributed by atoms with Crippen molar-refractivity contribution in [2.75, 3.05) is 37.2 Å². The number of nitrogens with one attached hydrogen (secondary N) is 1. The van der Waals surface area contributed by atoms with Crippen molar-refractivity contribution >= 4 is 11.9 Å². The van der Waals surface area contributed by atoms with Gasteiger partial charge in [0.1, 0.15) is 0 Å². The van der Waals surface area contributed by atoms with Crippen LogP contribution in [0.15, 0.2) is 0 Å². The SMILES string of the molecule is CCCN(CC)CCNc1nc(N)nc(OC(C)C)n1. The molecule has 1 heterocycles. The largest absolute Gasteiger partial charge is 0.461 e. The molecule has 1 rings (SSSR count). The second kappa shape index (κ2) is 8.52. The van der Waals surface area contributed by atoms with Gasteiger partial charge in [0, 0.05) is 13.1 Å². The first-order chi connectivity index (χ1) is 9.55. The lowest BCUT2D eigenvalue weighted by molar-refractivity contribution is 0.222. The Balaban J connectivity index is 2.52. The summed E-state index contributed by atoms with van der Waals surface area (Å²) in [5.74, 6) is 0.625. The van der Waals surface area contributed by atoms with E-state index in [0.717, 1.165) is 32.6 Å². The minimum absolute atomic E-state index is 0.00443. The highest BCUT2D eigenvalue weighted by Crippen LogP contribution is 2.10. The highest BCUT2D eigenvalue weighted by molar-refractivity contribution is 5.32. The molecule has 0 aliphatic rings. The van der Waals surface area contributed by atoms with Crippen LogP contribution in [0.3, 0.4) is 0 Å². The molecule has 0 aliphatic heterocycles. The van der Waals surface area contributed by atoms with Gasteiger partial charge in [-0.2, -0.15) is 15.0 Å². The maximum Gasteiger partial charge on any atom is 0.323 e. The molecule has 0 aliphatic carbocycles. The van der Waals surface area contributed by atoms with Crippen molar-refractivity contribution in [2.45, 2.75) is 40.2 Å². The Morgan fingerprint density at radius 2 is 1.95 bits per heavy atom. The molecule has 0 bridgehead atoms. The molecular formula is C13H26N6O. The molecule has 3 N–H and O–H groups in total. The maximum absolute atomic E-state index is 5.65. The molecule has 7 heteroatoms. The van der Waals surface area contributed by atoms with Crippen LogP contribution in [0.5, 0.6) is 6.01 Å². The summed E-state index contributed by atoms with van der Waals surface area (Å²) < 4.78 is 5.43. The van der Waals surface area contributed by atoms with Gasteiger partial charge in [0.15, 0.2) is 0 Å².